The van der Waals surface area contributed by atoms with Crippen LogP contribution < -0.4 is 10.6 Å². The van der Waals surface area contributed by atoms with E-state index in [0.717, 1.165) is 5.56 Å². The van der Waals surface area contributed by atoms with Crippen LogP contribution in [0.5, 0.6) is 0 Å². The van der Waals surface area contributed by atoms with Gasteiger partial charge in [-0.05, 0) is 43.9 Å². The number of aromatic nitrogens is 2. The predicted molar refractivity (Wildman–Crippen MR) is 109 cm³/mol. The molecule has 1 aromatic carbocycles. The first-order valence-electron chi connectivity index (χ1n) is 8.88. The standard InChI is InChI=1S/C20H22ClN5O2/c1-25(2)12-10-22-19(27)17-16-5-3-4-11-26(16)18(24-17)20(28)23-13-14-6-8-15(21)9-7-14/h3-9,11H,10,12-13H2,1-2H3,(H,22,27)(H,23,28). The maximum atomic E-state index is 12.7. The molecule has 0 fully saturated rings. The first kappa shape index (κ1) is 19.9. The lowest BCUT2D eigenvalue weighted by molar-refractivity contribution is 0.0939. The maximum Gasteiger partial charge on any atom is 0.287 e. The smallest absolute Gasteiger partial charge is 0.287 e. The maximum absolute atomic E-state index is 12.7. The van der Waals surface area contributed by atoms with Crippen molar-refractivity contribution in [3.8, 4) is 0 Å². The van der Waals surface area contributed by atoms with Gasteiger partial charge in [-0.15, -0.1) is 0 Å². The van der Waals surface area contributed by atoms with Crippen LogP contribution in [-0.2, 0) is 6.54 Å². The number of likely N-dealkylation sites (N-methyl/N-ethyl adjacent to an activating group) is 1. The molecule has 0 aliphatic rings. The number of fused-ring (bicyclic) bond motifs is 1. The molecule has 28 heavy (non-hydrogen) atoms. The summed E-state index contributed by atoms with van der Waals surface area (Å²) in [5.74, 6) is -0.492. The average molecular weight is 400 g/mol. The molecule has 0 saturated carbocycles. The number of hydrogen-bond donors (Lipinski definition) is 2. The molecule has 8 heteroatoms. The van der Waals surface area contributed by atoms with Crippen LogP contribution in [0.3, 0.4) is 0 Å². The number of pyridine rings is 1. The number of halogens is 1. The summed E-state index contributed by atoms with van der Waals surface area (Å²) < 4.78 is 1.62. The molecule has 0 spiro atoms. The van der Waals surface area contributed by atoms with Gasteiger partial charge >= 0.3 is 0 Å². The summed E-state index contributed by atoms with van der Waals surface area (Å²) in [6.45, 7) is 1.55. The molecule has 2 heterocycles. The predicted octanol–water partition coefficient (Wildman–Crippen LogP) is 2.21. The van der Waals surface area contributed by atoms with Crippen molar-refractivity contribution >= 4 is 28.9 Å². The Kier molecular flexibility index (Phi) is 6.28. The number of hydrogen-bond acceptors (Lipinski definition) is 4. The zero-order valence-electron chi connectivity index (χ0n) is 15.8. The van der Waals surface area contributed by atoms with Crippen LogP contribution in [-0.4, -0.2) is 53.3 Å². The van der Waals surface area contributed by atoms with Crippen LogP contribution in [0.15, 0.2) is 48.7 Å². The third-order valence-corrected chi connectivity index (χ3v) is 4.43. The Morgan fingerprint density at radius 2 is 1.82 bits per heavy atom. The average Bonchev–Trinajstić information content (AvgIpc) is 3.07. The number of carbonyl (C=O) groups excluding carboxylic acids is 2. The van der Waals surface area contributed by atoms with E-state index in [2.05, 4.69) is 15.6 Å². The van der Waals surface area contributed by atoms with Gasteiger partial charge in [0.1, 0.15) is 0 Å². The SMILES string of the molecule is CN(C)CCNC(=O)c1nc(C(=O)NCc2ccc(Cl)cc2)n2ccccc12. The molecule has 7 nitrogen and oxygen atoms in total. The first-order chi connectivity index (χ1) is 13.5. The van der Waals surface area contributed by atoms with Crippen molar-refractivity contribution in [2.24, 2.45) is 0 Å². The highest BCUT2D eigenvalue weighted by Crippen LogP contribution is 2.14. The molecule has 0 aliphatic carbocycles. The van der Waals surface area contributed by atoms with Crippen molar-refractivity contribution in [2.45, 2.75) is 6.54 Å². The number of amides is 2. The highest BCUT2D eigenvalue weighted by Gasteiger charge is 2.21. The van der Waals surface area contributed by atoms with Crippen molar-refractivity contribution in [2.75, 3.05) is 27.2 Å². The lowest BCUT2D eigenvalue weighted by atomic mass is 10.2. The Morgan fingerprint density at radius 1 is 1.07 bits per heavy atom. The number of imidazole rings is 1. The second-order valence-electron chi connectivity index (χ2n) is 6.61. The van der Waals surface area contributed by atoms with Gasteiger partial charge in [-0.2, -0.15) is 0 Å². The molecule has 2 amide bonds. The van der Waals surface area contributed by atoms with Crippen LogP contribution in [0, 0.1) is 0 Å². The molecule has 3 aromatic rings. The van der Waals surface area contributed by atoms with Gasteiger partial charge in [0, 0.05) is 30.9 Å². The fourth-order valence-corrected chi connectivity index (χ4v) is 2.83. The van der Waals surface area contributed by atoms with E-state index in [0.29, 0.717) is 30.2 Å². The van der Waals surface area contributed by atoms with Crippen LogP contribution in [0.25, 0.3) is 5.52 Å². The number of carbonyl (C=O) groups is 2. The summed E-state index contributed by atoms with van der Waals surface area (Å²) in [5.41, 5.74) is 1.73. The van der Waals surface area contributed by atoms with Gasteiger partial charge in [-0.25, -0.2) is 4.98 Å². The summed E-state index contributed by atoms with van der Waals surface area (Å²) in [6.07, 6.45) is 1.72. The molecule has 0 bridgehead atoms. The lowest BCUT2D eigenvalue weighted by Gasteiger charge is -2.09. The van der Waals surface area contributed by atoms with Crippen molar-refractivity contribution in [3.05, 3.63) is 70.8 Å². The molecule has 0 atom stereocenters. The molecule has 3 rings (SSSR count). The molecule has 146 valence electrons. The van der Waals surface area contributed by atoms with Crippen LogP contribution in [0.2, 0.25) is 5.02 Å². The van der Waals surface area contributed by atoms with Crippen LogP contribution >= 0.6 is 11.6 Å². The zero-order valence-corrected chi connectivity index (χ0v) is 16.5. The lowest BCUT2D eigenvalue weighted by Crippen LogP contribution is -2.31. The third-order valence-electron chi connectivity index (χ3n) is 4.18. The number of nitrogens with zero attached hydrogens (tertiary/aromatic N) is 3. The summed E-state index contributed by atoms with van der Waals surface area (Å²) in [4.78, 5) is 31.5. The highest BCUT2D eigenvalue weighted by molar-refractivity contribution is 6.30. The topological polar surface area (TPSA) is 78.7 Å². The fraction of sp³-hybridized carbons (Fsp3) is 0.250. The number of nitrogens with one attached hydrogen (secondary N) is 2. The molecule has 0 radical (unpaired) electrons. The fourth-order valence-electron chi connectivity index (χ4n) is 2.71. The Balaban J connectivity index is 1.78. The van der Waals surface area contributed by atoms with Crippen molar-refractivity contribution < 1.29 is 9.59 Å². The highest BCUT2D eigenvalue weighted by atomic mass is 35.5. The molecular weight excluding hydrogens is 378 g/mol. The monoisotopic (exact) mass is 399 g/mol. The van der Waals surface area contributed by atoms with Crippen molar-refractivity contribution in [1.29, 1.82) is 0 Å². The van der Waals surface area contributed by atoms with E-state index in [4.69, 9.17) is 11.6 Å². The van der Waals surface area contributed by atoms with Crippen LogP contribution in [0.1, 0.15) is 26.7 Å². The van der Waals surface area contributed by atoms with E-state index in [-0.39, 0.29) is 23.3 Å². The molecule has 0 aliphatic heterocycles. The normalized spacial score (nSPS) is 11.0. The third kappa shape index (κ3) is 4.68. The number of rotatable bonds is 7. The Labute approximate surface area is 168 Å². The van der Waals surface area contributed by atoms with E-state index in [1.54, 1.807) is 34.9 Å². The van der Waals surface area contributed by atoms with Gasteiger partial charge < -0.3 is 15.5 Å². The summed E-state index contributed by atoms with van der Waals surface area (Å²) in [6, 6.07) is 12.6. The van der Waals surface area contributed by atoms with E-state index in [9.17, 15) is 9.59 Å². The minimum Gasteiger partial charge on any atom is -0.349 e. The van der Waals surface area contributed by atoms with E-state index in [1.807, 2.05) is 37.2 Å². The largest absolute Gasteiger partial charge is 0.349 e. The van der Waals surface area contributed by atoms with Gasteiger partial charge in [0.05, 0.1) is 5.52 Å². The van der Waals surface area contributed by atoms with Crippen molar-refractivity contribution in [3.63, 3.8) is 0 Å². The van der Waals surface area contributed by atoms with E-state index >= 15 is 0 Å². The van der Waals surface area contributed by atoms with Gasteiger partial charge in [0.2, 0.25) is 5.82 Å². The Hall–Kier alpha value is -2.90. The second kappa shape index (κ2) is 8.86. The van der Waals surface area contributed by atoms with E-state index in [1.165, 1.54) is 0 Å². The molecular formula is C20H22ClN5O2. The molecule has 2 aromatic heterocycles. The molecule has 0 saturated heterocycles. The molecule has 0 unspecified atom stereocenters. The van der Waals surface area contributed by atoms with Crippen LogP contribution in [0.4, 0.5) is 0 Å². The zero-order chi connectivity index (χ0) is 20.1. The quantitative estimate of drug-likeness (QED) is 0.638. The van der Waals surface area contributed by atoms with Gasteiger partial charge in [0.25, 0.3) is 11.8 Å². The summed E-state index contributed by atoms with van der Waals surface area (Å²) >= 11 is 5.88. The van der Waals surface area contributed by atoms with Crippen molar-refractivity contribution in [1.82, 2.24) is 24.9 Å². The number of benzene rings is 1. The Bertz CT molecular complexity index is 982. The van der Waals surface area contributed by atoms with Gasteiger partial charge in [-0.3, -0.25) is 14.0 Å². The van der Waals surface area contributed by atoms with Gasteiger partial charge in [0.15, 0.2) is 5.69 Å². The second-order valence-corrected chi connectivity index (χ2v) is 7.04. The van der Waals surface area contributed by atoms with Gasteiger partial charge in [-0.1, -0.05) is 29.8 Å². The first-order valence-corrected chi connectivity index (χ1v) is 9.26. The van der Waals surface area contributed by atoms with E-state index < -0.39 is 0 Å². The minimum atomic E-state index is -0.358. The summed E-state index contributed by atoms with van der Waals surface area (Å²) in [5, 5.41) is 6.31. The Morgan fingerprint density at radius 3 is 2.54 bits per heavy atom. The minimum absolute atomic E-state index is 0.169. The summed E-state index contributed by atoms with van der Waals surface area (Å²) in [7, 11) is 3.86. The molecule has 2 N–H and O–H groups in total.